The second-order valence-electron chi connectivity index (χ2n) is 12.5. The molecule has 16 heteroatoms. The fraction of sp³-hybridized carbons (Fsp3) is 0.529. The van der Waals surface area contributed by atoms with Crippen LogP contribution in [0.3, 0.4) is 0 Å². The van der Waals surface area contributed by atoms with Crippen LogP contribution in [0.4, 0.5) is 41.1 Å². The van der Waals surface area contributed by atoms with Crippen molar-refractivity contribution in [2.75, 3.05) is 98.4 Å². The SMILES string of the molecule is O=C(CCCCC(=O)NC[C@H]1CN(c2ccc(N3CCOCC3)c(F)c2)C(=O)O1)NC[C@H]1CN(c2ccc(N3CCOCC3)c(F)c2)C(=O)O1. The van der Waals surface area contributed by atoms with Crippen LogP contribution in [0.1, 0.15) is 25.7 Å². The number of benzene rings is 2. The van der Waals surface area contributed by atoms with Crippen molar-refractivity contribution in [1.82, 2.24) is 10.6 Å². The Hall–Kier alpha value is -4.70. The monoisotopic (exact) mass is 700 g/mol. The van der Waals surface area contributed by atoms with Gasteiger partial charge in [-0.15, -0.1) is 0 Å². The van der Waals surface area contributed by atoms with Crippen LogP contribution in [0.5, 0.6) is 0 Å². The molecule has 4 fully saturated rings. The number of ether oxygens (including phenoxy) is 4. The largest absolute Gasteiger partial charge is 0.442 e. The van der Waals surface area contributed by atoms with Crippen LogP contribution in [0.25, 0.3) is 0 Å². The Morgan fingerprint density at radius 3 is 1.44 bits per heavy atom. The van der Waals surface area contributed by atoms with Gasteiger partial charge in [0.25, 0.3) is 0 Å². The third-order valence-electron chi connectivity index (χ3n) is 9.05. The molecule has 50 heavy (non-hydrogen) atoms. The number of nitrogens with one attached hydrogen (secondary N) is 2. The van der Waals surface area contributed by atoms with E-state index in [9.17, 15) is 28.0 Å². The number of hydrogen-bond acceptors (Lipinski definition) is 10. The standard InChI is InChI=1S/C34H42F2N6O8/c35-27-17-23(5-7-29(27)39-9-13-47-14-10-39)41-21-25(49-33(41)45)19-37-31(43)3-1-2-4-32(44)38-20-26-22-42(34(46)50-26)24-6-8-30(28(36)18-24)40-11-15-48-16-12-40/h5-8,17-18,25-26H,1-4,9-16,19-22H2,(H,37,43)(H,38,44)/t25-,26-/m0/s1. The molecule has 4 amide bonds. The first-order valence-electron chi connectivity index (χ1n) is 17.0. The predicted molar refractivity (Wildman–Crippen MR) is 179 cm³/mol. The second-order valence-corrected chi connectivity index (χ2v) is 12.5. The lowest BCUT2D eigenvalue weighted by Crippen LogP contribution is -2.37. The van der Waals surface area contributed by atoms with E-state index in [1.165, 1.54) is 21.9 Å². The summed E-state index contributed by atoms with van der Waals surface area (Å²) in [5.41, 5.74) is 1.67. The van der Waals surface area contributed by atoms with Gasteiger partial charge in [0.05, 0.1) is 75.4 Å². The molecule has 4 saturated heterocycles. The first-order valence-corrected chi connectivity index (χ1v) is 17.0. The highest BCUT2D eigenvalue weighted by Gasteiger charge is 2.34. The number of unbranched alkanes of at least 4 members (excludes halogenated alkanes) is 1. The van der Waals surface area contributed by atoms with Gasteiger partial charge in [0, 0.05) is 39.0 Å². The van der Waals surface area contributed by atoms with E-state index in [0.29, 0.717) is 88.2 Å². The van der Waals surface area contributed by atoms with Gasteiger partial charge in [-0.2, -0.15) is 0 Å². The van der Waals surface area contributed by atoms with Crippen molar-refractivity contribution in [3.63, 3.8) is 0 Å². The molecule has 0 aromatic heterocycles. The molecule has 2 aromatic carbocycles. The van der Waals surface area contributed by atoms with Crippen molar-refractivity contribution < 1.29 is 46.9 Å². The minimum absolute atomic E-state index is 0.109. The molecule has 0 unspecified atom stereocenters. The molecule has 0 bridgehead atoms. The van der Waals surface area contributed by atoms with Crippen molar-refractivity contribution >= 4 is 46.8 Å². The highest BCUT2D eigenvalue weighted by molar-refractivity contribution is 5.91. The number of rotatable bonds is 13. The van der Waals surface area contributed by atoms with E-state index in [4.69, 9.17) is 18.9 Å². The maximum absolute atomic E-state index is 14.9. The molecule has 270 valence electrons. The summed E-state index contributed by atoms with van der Waals surface area (Å²) < 4.78 is 51.1. The van der Waals surface area contributed by atoms with Gasteiger partial charge in [0.2, 0.25) is 11.8 Å². The van der Waals surface area contributed by atoms with E-state index in [2.05, 4.69) is 10.6 Å². The maximum Gasteiger partial charge on any atom is 0.414 e. The van der Waals surface area contributed by atoms with E-state index in [1.54, 1.807) is 24.3 Å². The van der Waals surface area contributed by atoms with Crippen LogP contribution in [-0.2, 0) is 28.5 Å². The van der Waals surface area contributed by atoms with Gasteiger partial charge in [0.1, 0.15) is 23.8 Å². The molecule has 0 radical (unpaired) electrons. The number of carbonyl (C=O) groups excluding carboxylic acids is 4. The summed E-state index contributed by atoms with van der Waals surface area (Å²) in [4.78, 5) is 56.2. The van der Waals surface area contributed by atoms with Crippen molar-refractivity contribution in [2.45, 2.75) is 37.9 Å². The molecule has 4 heterocycles. The lowest BCUT2D eigenvalue weighted by molar-refractivity contribution is -0.123. The zero-order chi connectivity index (χ0) is 35.0. The van der Waals surface area contributed by atoms with Crippen LogP contribution in [0.2, 0.25) is 0 Å². The zero-order valence-electron chi connectivity index (χ0n) is 27.7. The Morgan fingerprint density at radius 1 is 0.660 bits per heavy atom. The molecule has 0 spiro atoms. The highest BCUT2D eigenvalue weighted by Crippen LogP contribution is 2.30. The van der Waals surface area contributed by atoms with Crippen LogP contribution in [0.15, 0.2) is 36.4 Å². The van der Waals surface area contributed by atoms with E-state index in [0.717, 1.165) is 0 Å². The summed E-state index contributed by atoms with van der Waals surface area (Å²) in [5.74, 6) is -1.35. The topological polar surface area (TPSA) is 142 Å². The number of anilines is 4. The normalized spacial score (nSPS) is 20.9. The average Bonchev–Trinajstić information content (AvgIpc) is 3.70. The van der Waals surface area contributed by atoms with Gasteiger partial charge in [-0.1, -0.05) is 0 Å². The molecule has 14 nitrogen and oxygen atoms in total. The molecule has 2 aromatic rings. The lowest BCUT2D eigenvalue weighted by Gasteiger charge is -2.29. The first kappa shape index (κ1) is 35.1. The van der Waals surface area contributed by atoms with E-state index in [1.807, 2.05) is 9.80 Å². The quantitative estimate of drug-likeness (QED) is 0.300. The maximum atomic E-state index is 14.9. The predicted octanol–water partition coefficient (Wildman–Crippen LogP) is 2.78. The van der Waals surface area contributed by atoms with Crippen molar-refractivity contribution in [3.8, 4) is 0 Å². The molecule has 2 atom stereocenters. The Balaban J connectivity index is 0.851. The summed E-state index contributed by atoms with van der Waals surface area (Å²) in [5, 5.41) is 5.51. The summed E-state index contributed by atoms with van der Waals surface area (Å²) in [6.45, 7) is 5.03. The third kappa shape index (κ3) is 8.71. The smallest absolute Gasteiger partial charge is 0.414 e. The number of amides is 4. The number of halogens is 2. The van der Waals surface area contributed by atoms with Gasteiger partial charge in [-0.3, -0.25) is 19.4 Å². The Labute approximate surface area is 288 Å². The average molecular weight is 701 g/mol. The fourth-order valence-electron chi connectivity index (χ4n) is 6.33. The Morgan fingerprint density at radius 2 is 1.06 bits per heavy atom. The molecule has 4 aliphatic heterocycles. The van der Waals surface area contributed by atoms with Crippen molar-refractivity contribution in [1.29, 1.82) is 0 Å². The number of morpholine rings is 2. The molecular formula is C34H42F2N6O8. The number of hydrogen-bond donors (Lipinski definition) is 2. The Bertz CT molecular complexity index is 1440. The van der Waals surface area contributed by atoms with Gasteiger partial charge in [-0.25, -0.2) is 18.4 Å². The van der Waals surface area contributed by atoms with Gasteiger partial charge in [-0.05, 0) is 49.2 Å². The molecule has 0 saturated carbocycles. The van der Waals surface area contributed by atoms with Crippen LogP contribution < -0.4 is 30.2 Å². The second kappa shape index (κ2) is 16.3. The fourth-order valence-corrected chi connectivity index (χ4v) is 6.33. The lowest BCUT2D eigenvalue weighted by atomic mass is 10.1. The summed E-state index contributed by atoms with van der Waals surface area (Å²) in [6, 6.07) is 9.27. The van der Waals surface area contributed by atoms with Gasteiger partial charge >= 0.3 is 12.2 Å². The van der Waals surface area contributed by atoms with Crippen LogP contribution in [0, 0.1) is 11.6 Å². The summed E-state index contributed by atoms with van der Waals surface area (Å²) in [7, 11) is 0. The molecule has 4 aliphatic rings. The number of carbonyl (C=O) groups is 4. The van der Waals surface area contributed by atoms with Gasteiger partial charge < -0.3 is 39.4 Å². The summed E-state index contributed by atoms with van der Waals surface area (Å²) in [6.07, 6.45) is -1.11. The first-order chi connectivity index (χ1) is 24.2. The minimum Gasteiger partial charge on any atom is -0.442 e. The molecule has 2 N–H and O–H groups in total. The third-order valence-corrected chi connectivity index (χ3v) is 9.05. The van der Waals surface area contributed by atoms with E-state index < -0.39 is 36.0 Å². The minimum atomic E-state index is -0.610. The summed E-state index contributed by atoms with van der Waals surface area (Å²) >= 11 is 0. The van der Waals surface area contributed by atoms with Crippen molar-refractivity contribution in [2.24, 2.45) is 0 Å². The zero-order valence-corrected chi connectivity index (χ0v) is 27.7. The van der Waals surface area contributed by atoms with Gasteiger partial charge in [0.15, 0.2) is 0 Å². The van der Waals surface area contributed by atoms with E-state index >= 15 is 0 Å². The molecule has 6 rings (SSSR count). The Kier molecular flexibility index (Phi) is 11.5. The molecule has 0 aliphatic carbocycles. The highest BCUT2D eigenvalue weighted by atomic mass is 19.1. The van der Waals surface area contributed by atoms with Crippen LogP contribution in [-0.4, -0.2) is 115 Å². The van der Waals surface area contributed by atoms with Crippen LogP contribution >= 0.6 is 0 Å². The number of cyclic esters (lactones) is 2. The number of nitrogens with zero attached hydrogens (tertiary/aromatic N) is 4. The van der Waals surface area contributed by atoms with E-state index in [-0.39, 0.29) is 50.8 Å². The molecular weight excluding hydrogens is 658 g/mol. The van der Waals surface area contributed by atoms with Crippen molar-refractivity contribution in [3.05, 3.63) is 48.0 Å².